The SMILES string of the molecule is CCOC(=O)c1cc([Se]c2ccccc2C)c2cc(OC)ccc2n1. The molecule has 0 saturated carbocycles. The van der Waals surface area contributed by atoms with Gasteiger partial charge in [-0.25, -0.2) is 0 Å². The average Bonchev–Trinajstić information content (AvgIpc) is 2.63. The first kappa shape index (κ1) is 17.5. The van der Waals surface area contributed by atoms with Gasteiger partial charge < -0.3 is 0 Å². The first-order valence-electron chi connectivity index (χ1n) is 8.01. The third-order valence-electron chi connectivity index (χ3n) is 3.78. The summed E-state index contributed by atoms with van der Waals surface area (Å²) in [5.41, 5.74) is 2.37. The predicted octanol–water partition coefficient (Wildman–Crippen LogP) is 2.38. The number of aryl methyl sites for hydroxylation is 1. The van der Waals surface area contributed by atoms with E-state index in [1.54, 1.807) is 14.0 Å². The first-order valence-corrected chi connectivity index (χ1v) is 9.73. The Bertz CT molecular complexity index is 924. The molecule has 25 heavy (non-hydrogen) atoms. The van der Waals surface area contributed by atoms with E-state index in [4.69, 9.17) is 9.47 Å². The summed E-state index contributed by atoms with van der Waals surface area (Å²) in [6.07, 6.45) is 0. The number of fused-ring (bicyclic) bond motifs is 1. The van der Waals surface area contributed by atoms with Crippen LogP contribution in [0.3, 0.4) is 0 Å². The Morgan fingerprint density at radius 2 is 1.92 bits per heavy atom. The summed E-state index contributed by atoms with van der Waals surface area (Å²) in [7, 11) is 1.65. The van der Waals surface area contributed by atoms with Gasteiger partial charge in [0.15, 0.2) is 0 Å². The molecule has 0 fully saturated rings. The van der Waals surface area contributed by atoms with E-state index in [0.717, 1.165) is 21.1 Å². The summed E-state index contributed by atoms with van der Waals surface area (Å²) in [6, 6.07) is 15.9. The molecule has 3 rings (SSSR count). The average molecular weight is 400 g/mol. The molecule has 0 N–H and O–H groups in total. The molecule has 0 unspecified atom stereocenters. The van der Waals surface area contributed by atoms with Crippen LogP contribution in [0.5, 0.6) is 5.75 Å². The number of pyridine rings is 1. The van der Waals surface area contributed by atoms with Gasteiger partial charge in [-0.3, -0.25) is 0 Å². The molecule has 0 atom stereocenters. The Labute approximate surface area is 153 Å². The summed E-state index contributed by atoms with van der Waals surface area (Å²) >= 11 is 0.0418. The fourth-order valence-electron chi connectivity index (χ4n) is 2.48. The van der Waals surface area contributed by atoms with Gasteiger partial charge in [-0.15, -0.1) is 0 Å². The number of hydrogen-bond acceptors (Lipinski definition) is 4. The number of aromatic nitrogens is 1. The van der Waals surface area contributed by atoms with E-state index < -0.39 is 0 Å². The zero-order valence-corrected chi connectivity index (χ0v) is 16.1. The van der Waals surface area contributed by atoms with Crippen molar-refractivity contribution in [2.75, 3.05) is 13.7 Å². The van der Waals surface area contributed by atoms with Crippen LogP contribution in [0.4, 0.5) is 0 Å². The topological polar surface area (TPSA) is 48.4 Å². The van der Waals surface area contributed by atoms with Crippen LogP contribution in [-0.4, -0.2) is 39.6 Å². The predicted molar refractivity (Wildman–Crippen MR) is 100 cm³/mol. The van der Waals surface area contributed by atoms with Crippen LogP contribution in [0.15, 0.2) is 48.5 Å². The number of benzene rings is 2. The van der Waals surface area contributed by atoms with Crippen LogP contribution in [0, 0.1) is 6.92 Å². The number of hydrogen-bond donors (Lipinski definition) is 0. The standard InChI is InChI=1S/C20H19NO3Se/c1-4-24-20(22)17-12-19(25-18-8-6-5-7-13(18)2)15-11-14(23-3)9-10-16(15)21-17/h5-12H,4H2,1-3H3. The van der Waals surface area contributed by atoms with Crippen molar-refractivity contribution in [1.29, 1.82) is 0 Å². The maximum atomic E-state index is 12.2. The second kappa shape index (κ2) is 7.68. The quantitative estimate of drug-likeness (QED) is 0.488. The molecule has 2 aromatic carbocycles. The maximum absolute atomic E-state index is 12.2. The minimum absolute atomic E-state index is 0.0418. The Morgan fingerprint density at radius 3 is 2.64 bits per heavy atom. The van der Waals surface area contributed by atoms with Gasteiger partial charge in [0.05, 0.1) is 0 Å². The summed E-state index contributed by atoms with van der Waals surface area (Å²) in [4.78, 5) is 16.7. The summed E-state index contributed by atoms with van der Waals surface area (Å²) < 4.78 is 12.9. The van der Waals surface area contributed by atoms with E-state index in [2.05, 4.69) is 24.0 Å². The molecular weight excluding hydrogens is 381 g/mol. The Hall–Kier alpha value is -2.36. The Balaban J connectivity index is 2.14. The number of ether oxygens (including phenoxy) is 2. The van der Waals surface area contributed by atoms with E-state index >= 15 is 0 Å². The van der Waals surface area contributed by atoms with Gasteiger partial charge in [0.2, 0.25) is 0 Å². The molecule has 0 aliphatic carbocycles. The minimum atomic E-state index is -0.387. The fourth-order valence-corrected chi connectivity index (χ4v) is 4.70. The van der Waals surface area contributed by atoms with Crippen LogP contribution in [0.1, 0.15) is 23.0 Å². The van der Waals surface area contributed by atoms with E-state index in [0.29, 0.717) is 12.3 Å². The second-order valence-electron chi connectivity index (χ2n) is 5.48. The van der Waals surface area contributed by atoms with Crippen LogP contribution < -0.4 is 13.7 Å². The van der Waals surface area contributed by atoms with Gasteiger partial charge in [-0.1, -0.05) is 0 Å². The molecule has 4 nitrogen and oxygen atoms in total. The molecule has 3 aromatic rings. The van der Waals surface area contributed by atoms with Gasteiger partial charge >= 0.3 is 153 Å². The zero-order valence-electron chi connectivity index (χ0n) is 14.4. The van der Waals surface area contributed by atoms with Crippen LogP contribution in [-0.2, 0) is 4.74 Å². The van der Waals surface area contributed by atoms with Crippen molar-refractivity contribution in [3.8, 4) is 5.75 Å². The molecule has 0 aliphatic heterocycles. The molecule has 1 heterocycles. The van der Waals surface area contributed by atoms with E-state index in [-0.39, 0.29) is 20.9 Å². The van der Waals surface area contributed by atoms with Crippen molar-refractivity contribution in [2.45, 2.75) is 13.8 Å². The van der Waals surface area contributed by atoms with Crippen LogP contribution >= 0.6 is 0 Å². The van der Waals surface area contributed by atoms with Crippen molar-refractivity contribution in [3.05, 3.63) is 59.8 Å². The van der Waals surface area contributed by atoms with Crippen molar-refractivity contribution in [3.63, 3.8) is 0 Å². The molecule has 0 saturated heterocycles. The van der Waals surface area contributed by atoms with Crippen molar-refractivity contribution >= 4 is 40.8 Å². The molecule has 128 valence electrons. The van der Waals surface area contributed by atoms with Gasteiger partial charge in [-0.2, -0.15) is 0 Å². The third kappa shape index (κ3) is 3.84. The van der Waals surface area contributed by atoms with E-state index in [1.807, 2.05) is 36.4 Å². The number of esters is 1. The number of rotatable bonds is 5. The van der Waals surface area contributed by atoms with Crippen molar-refractivity contribution in [1.82, 2.24) is 4.98 Å². The molecule has 1 aromatic heterocycles. The molecule has 0 bridgehead atoms. The number of nitrogens with zero attached hydrogens (tertiary/aromatic N) is 1. The van der Waals surface area contributed by atoms with E-state index in [9.17, 15) is 4.79 Å². The number of carbonyl (C=O) groups is 1. The molecule has 0 amide bonds. The summed E-state index contributed by atoms with van der Waals surface area (Å²) in [6.45, 7) is 4.23. The zero-order chi connectivity index (χ0) is 17.8. The van der Waals surface area contributed by atoms with Gasteiger partial charge in [0, 0.05) is 0 Å². The van der Waals surface area contributed by atoms with Crippen molar-refractivity contribution in [2.24, 2.45) is 0 Å². The molecule has 5 heteroatoms. The Morgan fingerprint density at radius 1 is 1.12 bits per heavy atom. The van der Waals surface area contributed by atoms with Gasteiger partial charge in [0.1, 0.15) is 0 Å². The van der Waals surface area contributed by atoms with Gasteiger partial charge in [-0.05, 0) is 0 Å². The van der Waals surface area contributed by atoms with Gasteiger partial charge in [0.25, 0.3) is 0 Å². The third-order valence-corrected chi connectivity index (χ3v) is 6.37. The normalized spacial score (nSPS) is 10.7. The second-order valence-corrected chi connectivity index (χ2v) is 7.75. The molecule has 0 aliphatic rings. The molecule has 0 radical (unpaired) electrons. The Kier molecular flexibility index (Phi) is 5.37. The summed E-state index contributed by atoms with van der Waals surface area (Å²) in [5, 5.41) is 1.01. The number of carbonyl (C=O) groups excluding carboxylic acids is 1. The monoisotopic (exact) mass is 401 g/mol. The summed E-state index contributed by atoms with van der Waals surface area (Å²) in [5.74, 6) is 0.391. The van der Waals surface area contributed by atoms with Crippen LogP contribution in [0.2, 0.25) is 0 Å². The fraction of sp³-hybridized carbons (Fsp3) is 0.200. The van der Waals surface area contributed by atoms with E-state index in [1.165, 1.54) is 10.0 Å². The molecule has 0 spiro atoms. The first-order chi connectivity index (χ1) is 12.1. The van der Waals surface area contributed by atoms with Crippen molar-refractivity contribution < 1.29 is 14.3 Å². The molecular formula is C20H19NO3Se. The number of methoxy groups -OCH3 is 1. The van der Waals surface area contributed by atoms with Crippen LogP contribution in [0.25, 0.3) is 10.9 Å².